The second-order valence-electron chi connectivity index (χ2n) is 4.04. The molecular formula is C15H15NO3S. The van der Waals surface area contributed by atoms with Crippen LogP contribution in [0, 0.1) is 0 Å². The molecule has 0 aliphatic carbocycles. The van der Waals surface area contributed by atoms with Crippen molar-refractivity contribution in [2.75, 3.05) is 11.3 Å². The summed E-state index contributed by atoms with van der Waals surface area (Å²) in [6, 6.07) is 14.9. The zero-order chi connectivity index (χ0) is 14.4. The smallest absolute Gasteiger partial charge is 0.261 e. The highest BCUT2D eigenvalue weighted by Gasteiger charge is 2.13. The summed E-state index contributed by atoms with van der Waals surface area (Å²) < 4.78 is 32.0. The molecule has 0 spiro atoms. The molecule has 2 aromatic carbocycles. The molecule has 0 fully saturated rings. The lowest BCUT2D eigenvalue weighted by molar-refractivity contribution is 0.363. The molecule has 0 aliphatic rings. The number of nitrogens with one attached hydrogen (secondary N) is 1. The molecule has 20 heavy (non-hydrogen) atoms. The zero-order valence-electron chi connectivity index (χ0n) is 10.8. The maximum Gasteiger partial charge on any atom is 0.261 e. The van der Waals surface area contributed by atoms with Crippen LogP contribution in [-0.4, -0.2) is 15.0 Å². The van der Waals surface area contributed by atoms with Gasteiger partial charge in [0.15, 0.2) is 0 Å². The Hall–Kier alpha value is -2.27. The quantitative estimate of drug-likeness (QED) is 0.832. The molecule has 0 heterocycles. The Morgan fingerprint density at radius 1 is 1.05 bits per heavy atom. The van der Waals surface area contributed by atoms with Gasteiger partial charge in [-0.1, -0.05) is 30.9 Å². The maximum atomic E-state index is 12.1. The van der Waals surface area contributed by atoms with E-state index < -0.39 is 10.0 Å². The molecule has 1 N–H and O–H groups in total. The first-order chi connectivity index (χ1) is 9.62. The third-order valence-electron chi connectivity index (χ3n) is 2.53. The van der Waals surface area contributed by atoms with E-state index in [1.165, 1.54) is 0 Å². The number of ether oxygens (including phenoxy) is 1. The van der Waals surface area contributed by atoms with Crippen molar-refractivity contribution in [1.82, 2.24) is 0 Å². The molecule has 0 saturated heterocycles. The molecule has 4 nitrogen and oxygen atoms in total. The van der Waals surface area contributed by atoms with Crippen LogP contribution in [0.15, 0.2) is 72.1 Å². The molecule has 0 aromatic heterocycles. The normalized spacial score (nSPS) is 10.8. The monoisotopic (exact) mass is 289 g/mol. The van der Waals surface area contributed by atoms with Crippen LogP contribution in [0.3, 0.4) is 0 Å². The van der Waals surface area contributed by atoms with E-state index in [9.17, 15) is 8.42 Å². The van der Waals surface area contributed by atoms with Gasteiger partial charge in [0.25, 0.3) is 10.0 Å². The summed E-state index contributed by atoms with van der Waals surface area (Å²) in [6.07, 6.45) is 1.64. The van der Waals surface area contributed by atoms with Crippen molar-refractivity contribution in [3.8, 4) is 5.75 Å². The van der Waals surface area contributed by atoms with Crippen LogP contribution in [0.4, 0.5) is 5.69 Å². The van der Waals surface area contributed by atoms with Gasteiger partial charge in [-0.15, -0.1) is 0 Å². The Morgan fingerprint density at radius 2 is 1.70 bits per heavy atom. The van der Waals surface area contributed by atoms with Gasteiger partial charge in [0.1, 0.15) is 12.4 Å². The van der Waals surface area contributed by atoms with Crippen LogP contribution in [0.2, 0.25) is 0 Å². The van der Waals surface area contributed by atoms with Gasteiger partial charge in [0, 0.05) is 5.69 Å². The van der Waals surface area contributed by atoms with Crippen molar-refractivity contribution in [3.63, 3.8) is 0 Å². The Morgan fingerprint density at radius 3 is 2.30 bits per heavy atom. The minimum atomic E-state index is -3.55. The molecule has 2 rings (SSSR count). The predicted octanol–water partition coefficient (Wildman–Crippen LogP) is 3.05. The standard InChI is InChI=1S/C15H15NO3S/c1-2-12-19-14-10-8-13(9-11-14)16-20(17,18)15-6-4-3-5-7-15/h2-11,16H,1,12H2. The van der Waals surface area contributed by atoms with Gasteiger partial charge in [-0.05, 0) is 36.4 Å². The molecule has 0 radical (unpaired) electrons. The number of sulfonamides is 1. The Labute approximate surface area is 118 Å². The van der Waals surface area contributed by atoms with Crippen molar-refractivity contribution in [2.24, 2.45) is 0 Å². The van der Waals surface area contributed by atoms with E-state index in [0.29, 0.717) is 18.0 Å². The molecule has 2 aromatic rings. The topological polar surface area (TPSA) is 55.4 Å². The Balaban J connectivity index is 2.12. The van der Waals surface area contributed by atoms with E-state index in [-0.39, 0.29) is 4.90 Å². The predicted molar refractivity (Wildman–Crippen MR) is 79.4 cm³/mol. The lowest BCUT2D eigenvalue weighted by Gasteiger charge is -2.09. The Kier molecular flexibility index (Phi) is 4.42. The van der Waals surface area contributed by atoms with Gasteiger partial charge in [-0.25, -0.2) is 8.42 Å². The molecule has 0 amide bonds. The van der Waals surface area contributed by atoms with E-state index in [0.717, 1.165) is 0 Å². The second-order valence-corrected chi connectivity index (χ2v) is 5.73. The number of benzene rings is 2. The van der Waals surface area contributed by atoms with E-state index in [4.69, 9.17) is 4.74 Å². The summed E-state index contributed by atoms with van der Waals surface area (Å²) in [6.45, 7) is 3.97. The zero-order valence-corrected chi connectivity index (χ0v) is 11.6. The number of hydrogen-bond donors (Lipinski definition) is 1. The SMILES string of the molecule is C=CCOc1ccc(NS(=O)(=O)c2ccccc2)cc1. The minimum Gasteiger partial charge on any atom is -0.490 e. The molecule has 0 unspecified atom stereocenters. The van der Waals surface area contributed by atoms with Crippen molar-refractivity contribution >= 4 is 15.7 Å². The molecule has 5 heteroatoms. The molecule has 0 atom stereocenters. The minimum absolute atomic E-state index is 0.229. The first-order valence-corrected chi connectivity index (χ1v) is 7.52. The highest BCUT2D eigenvalue weighted by molar-refractivity contribution is 7.92. The van der Waals surface area contributed by atoms with Gasteiger partial charge in [-0.3, -0.25) is 4.72 Å². The molecule has 0 bridgehead atoms. The molecule has 0 aliphatic heterocycles. The fourth-order valence-corrected chi connectivity index (χ4v) is 2.67. The number of anilines is 1. The first kappa shape index (κ1) is 14.1. The summed E-state index contributed by atoms with van der Waals surface area (Å²) in [5.74, 6) is 0.660. The van der Waals surface area contributed by atoms with Gasteiger partial charge >= 0.3 is 0 Å². The largest absolute Gasteiger partial charge is 0.490 e. The highest BCUT2D eigenvalue weighted by Crippen LogP contribution is 2.19. The molecule has 0 saturated carbocycles. The van der Waals surface area contributed by atoms with Crippen molar-refractivity contribution in [1.29, 1.82) is 0 Å². The van der Waals surface area contributed by atoms with Gasteiger partial charge in [0.05, 0.1) is 4.90 Å². The number of rotatable bonds is 6. The lowest BCUT2D eigenvalue weighted by atomic mass is 10.3. The summed E-state index contributed by atoms with van der Waals surface area (Å²) in [7, 11) is -3.55. The van der Waals surface area contributed by atoms with Crippen molar-refractivity contribution in [2.45, 2.75) is 4.90 Å². The van der Waals surface area contributed by atoms with Gasteiger partial charge in [0.2, 0.25) is 0 Å². The van der Waals surface area contributed by atoms with E-state index in [1.54, 1.807) is 60.7 Å². The maximum absolute atomic E-state index is 12.1. The summed E-state index contributed by atoms with van der Waals surface area (Å²) in [4.78, 5) is 0.229. The fraction of sp³-hybridized carbons (Fsp3) is 0.0667. The van der Waals surface area contributed by atoms with Crippen molar-refractivity contribution < 1.29 is 13.2 Å². The van der Waals surface area contributed by atoms with Crippen LogP contribution in [0.1, 0.15) is 0 Å². The molecular weight excluding hydrogens is 274 g/mol. The van der Waals surface area contributed by atoms with Crippen LogP contribution in [0.25, 0.3) is 0 Å². The van der Waals surface area contributed by atoms with E-state index in [2.05, 4.69) is 11.3 Å². The first-order valence-electron chi connectivity index (χ1n) is 6.03. The van der Waals surface area contributed by atoms with Crippen LogP contribution >= 0.6 is 0 Å². The van der Waals surface area contributed by atoms with E-state index >= 15 is 0 Å². The summed E-state index contributed by atoms with van der Waals surface area (Å²) in [5, 5.41) is 0. The summed E-state index contributed by atoms with van der Waals surface area (Å²) in [5.41, 5.74) is 0.486. The van der Waals surface area contributed by atoms with Crippen LogP contribution in [0.5, 0.6) is 5.75 Å². The highest BCUT2D eigenvalue weighted by atomic mass is 32.2. The average Bonchev–Trinajstić information content (AvgIpc) is 2.47. The lowest BCUT2D eigenvalue weighted by Crippen LogP contribution is -2.12. The Bertz CT molecular complexity index is 664. The fourth-order valence-electron chi connectivity index (χ4n) is 1.59. The second kappa shape index (κ2) is 6.25. The number of hydrogen-bond acceptors (Lipinski definition) is 3. The molecule has 104 valence electrons. The van der Waals surface area contributed by atoms with Gasteiger partial charge in [-0.2, -0.15) is 0 Å². The third-order valence-corrected chi connectivity index (χ3v) is 3.93. The van der Waals surface area contributed by atoms with Crippen molar-refractivity contribution in [3.05, 3.63) is 67.3 Å². The third kappa shape index (κ3) is 3.61. The van der Waals surface area contributed by atoms with Gasteiger partial charge < -0.3 is 4.74 Å². The average molecular weight is 289 g/mol. The summed E-state index contributed by atoms with van der Waals surface area (Å²) >= 11 is 0. The van der Waals surface area contributed by atoms with Crippen LogP contribution in [-0.2, 0) is 10.0 Å². The van der Waals surface area contributed by atoms with E-state index in [1.807, 2.05) is 0 Å². The van der Waals surface area contributed by atoms with Crippen LogP contribution < -0.4 is 9.46 Å².